The zero-order chi connectivity index (χ0) is 22.5. The number of nitrogens with one attached hydrogen (secondary N) is 1. The summed E-state index contributed by atoms with van der Waals surface area (Å²) in [6.45, 7) is 8.14. The van der Waals surface area contributed by atoms with Gasteiger partial charge in [0, 0.05) is 10.7 Å². The lowest BCUT2D eigenvalue weighted by molar-refractivity contribution is -0.115. The van der Waals surface area contributed by atoms with Crippen LogP contribution in [0.1, 0.15) is 43.6 Å². The number of aryl methyl sites for hydroxylation is 1. The number of hydrogen-bond acceptors (Lipinski definition) is 6. The maximum atomic E-state index is 12.6. The lowest BCUT2D eigenvalue weighted by Gasteiger charge is -2.13. The summed E-state index contributed by atoms with van der Waals surface area (Å²) in [4.78, 5) is 12.6. The van der Waals surface area contributed by atoms with Gasteiger partial charge in [-0.3, -0.25) is 4.79 Å². The third kappa shape index (κ3) is 5.92. The van der Waals surface area contributed by atoms with E-state index in [2.05, 4.69) is 29.4 Å². The summed E-state index contributed by atoms with van der Waals surface area (Å²) in [6, 6.07) is 13.3. The molecular formula is C22H26ClN5O2S. The number of rotatable bonds is 8. The third-order valence-corrected chi connectivity index (χ3v) is 6.05. The molecule has 3 rings (SSSR count). The fourth-order valence-corrected chi connectivity index (χ4v) is 3.72. The summed E-state index contributed by atoms with van der Waals surface area (Å²) >= 11 is 7.24. The van der Waals surface area contributed by atoms with Crippen molar-refractivity contribution in [3.05, 3.63) is 64.4 Å². The van der Waals surface area contributed by atoms with E-state index in [0.717, 1.165) is 11.3 Å². The van der Waals surface area contributed by atoms with Crippen molar-refractivity contribution in [2.45, 2.75) is 50.6 Å². The van der Waals surface area contributed by atoms with Crippen molar-refractivity contribution < 1.29 is 9.53 Å². The zero-order valence-corrected chi connectivity index (χ0v) is 19.5. The summed E-state index contributed by atoms with van der Waals surface area (Å²) < 4.78 is 7.12. The average Bonchev–Trinajstić information content (AvgIpc) is 3.08. The molecule has 7 nitrogen and oxygen atoms in total. The van der Waals surface area contributed by atoms with Crippen LogP contribution in [0, 0.1) is 6.92 Å². The minimum absolute atomic E-state index is 0.174. The van der Waals surface area contributed by atoms with Crippen molar-refractivity contribution in [1.82, 2.24) is 14.9 Å². The minimum atomic E-state index is -0.442. The fraction of sp³-hybridized carbons (Fsp3) is 0.318. The van der Waals surface area contributed by atoms with Crippen LogP contribution in [0.15, 0.2) is 47.6 Å². The van der Waals surface area contributed by atoms with Crippen LogP contribution >= 0.6 is 23.4 Å². The summed E-state index contributed by atoms with van der Waals surface area (Å²) in [5, 5.41) is 11.6. The molecule has 0 fully saturated rings. The molecule has 0 aliphatic rings. The van der Waals surface area contributed by atoms with Crippen molar-refractivity contribution in [2.24, 2.45) is 0 Å². The average molecular weight is 460 g/mol. The van der Waals surface area contributed by atoms with Gasteiger partial charge in [-0.05, 0) is 55.2 Å². The number of benzene rings is 2. The first-order valence-electron chi connectivity index (χ1n) is 9.90. The van der Waals surface area contributed by atoms with Gasteiger partial charge >= 0.3 is 0 Å². The SMILES string of the molecule is Cc1ccc(Cl)cc1NC(=O)C(C)Sc1nnc(COc2ccc(C(C)C)cc2)n1N. The second kappa shape index (κ2) is 10.1. The van der Waals surface area contributed by atoms with Crippen molar-refractivity contribution in [2.75, 3.05) is 11.2 Å². The van der Waals surface area contributed by atoms with Crippen LogP contribution in [0.3, 0.4) is 0 Å². The molecule has 0 bridgehead atoms. The van der Waals surface area contributed by atoms with E-state index in [1.807, 2.05) is 37.3 Å². The highest BCUT2D eigenvalue weighted by Crippen LogP contribution is 2.25. The second-order valence-corrected chi connectivity index (χ2v) is 9.23. The number of thioether (sulfide) groups is 1. The molecule has 3 N–H and O–H groups in total. The monoisotopic (exact) mass is 459 g/mol. The number of hydrogen-bond donors (Lipinski definition) is 2. The van der Waals surface area contributed by atoms with E-state index in [0.29, 0.717) is 27.6 Å². The van der Waals surface area contributed by atoms with Gasteiger partial charge in [-0.2, -0.15) is 0 Å². The summed E-state index contributed by atoms with van der Waals surface area (Å²) in [5.41, 5.74) is 2.85. The molecule has 31 heavy (non-hydrogen) atoms. The predicted octanol–water partition coefficient (Wildman–Crippen LogP) is 4.78. The van der Waals surface area contributed by atoms with Gasteiger partial charge in [-0.15, -0.1) is 10.2 Å². The Balaban J connectivity index is 1.59. The Morgan fingerprint density at radius 2 is 1.90 bits per heavy atom. The largest absolute Gasteiger partial charge is 0.486 e. The number of nitrogens with zero attached hydrogens (tertiary/aromatic N) is 3. The van der Waals surface area contributed by atoms with Gasteiger partial charge in [0.15, 0.2) is 5.82 Å². The molecule has 2 aromatic carbocycles. The number of anilines is 1. The molecule has 9 heteroatoms. The molecule has 0 spiro atoms. The molecule has 1 amide bonds. The molecular weight excluding hydrogens is 434 g/mol. The van der Waals surface area contributed by atoms with Gasteiger partial charge < -0.3 is 15.9 Å². The smallest absolute Gasteiger partial charge is 0.237 e. The third-order valence-electron chi connectivity index (χ3n) is 4.76. The van der Waals surface area contributed by atoms with E-state index < -0.39 is 5.25 Å². The lowest BCUT2D eigenvalue weighted by atomic mass is 10.0. The molecule has 1 heterocycles. The predicted molar refractivity (Wildman–Crippen MR) is 125 cm³/mol. The van der Waals surface area contributed by atoms with Crippen LogP contribution in [0.5, 0.6) is 5.75 Å². The quantitative estimate of drug-likeness (QED) is 0.372. The van der Waals surface area contributed by atoms with E-state index in [9.17, 15) is 4.79 Å². The van der Waals surface area contributed by atoms with Gasteiger partial charge in [-0.1, -0.05) is 55.4 Å². The topological polar surface area (TPSA) is 95.1 Å². The lowest BCUT2D eigenvalue weighted by Crippen LogP contribution is -2.24. The van der Waals surface area contributed by atoms with E-state index in [1.165, 1.54) is 22.0 Å². The Labute approximate surface area is 191 Å². The Bertz CT molecular complexity index is 1050. The molecule has 1 atom stereocenters. The van der Waals surface area contributed by atoms with Crippen molar-refractivity contribution >= 4 is 35.0 Å². The van der Waals surface area contributed by atoms with E-state index in [-0.39, 0.29) is 12.5 Å². The molecule has 3 aromatic rings. The maximum absolute atomic E-state index is 12.6. The molecule has 0 saturated heterocycles. The first-order chi connectivity index (χ1) is 14.7. The molecule has 1 unspecified atom stereocenters. The molecule has 0 saturated carbocycles. The zero-order valence-electron chi connectivity index (χ0n) is 17.9. The Kier molecular flexibility index (Phi) is 7.46. The van der Waals surface area contributed by atoms with Crippen molar-refractivity contribution in [3.63, 3.8) is 0 Å². The van der Waals surface area contributed by atoms with Crippen LogP contribution in [-0.4, -0.2) is 26.0 Å². The Hall–Kier alpha value is -2.71. The van der Waals surface area contributed by atoms with Gasteiger partial charge in [0.25, 0.3) is 0 Å². The molecule has 1 aromatic heterocycles. The fourth-order valence-electron chi connectivity index (χ4n) is 2.76. The number of nitrogens with two attached hydrogens (primary N) is 1. The van der Waals surface area contributed by atoms with Crippen LogP contribution < -0.4 is 15.9 Å². The van der Waals surface area contributed by atoms with Crippen LogP contribution in [0.25, 0.3) is 0 Å². The highest BCUT2D eigenvalue weighted by molar-refractivity contribution is 8.00. The molecule has 0 radical (unpaired) electrons. The van der Waals surface area contributed by atoms with Crippen molar-refractivity contribution in [1.29, 1.82) is 0 Å². The highest BCUT2D eigenvalue weighted by Gasteiger charge is 2.20. The van der Waals surface area contributed by atoms with Crippen molar-refractivity contribution in [3.8, 4) is 5.75 Å². The van der Waals surface area contributed by atoms with Crippen LogP contribution in [0.4, 0.5) is 5.69 Å². The van der Waals surface area contributed by atoms with Gasteiger partial charge in [0.1, 0.15) is 12.4 Å². The van der Waals surface area contributed by atoms with E-state index in [1.54, 1.807) is 19.1 Å². The number of amides is 1. The van der Waals surface area contributed by atoms with Crippen LogP contribution in [-0.2, 0) is 11.4 Å². The Morgan fingerprint density at radius 3 is 2.58 bits per heavy atom. The van der Waals surface area contributed by atoms with Gasteiger partial charge in [-0.25, -0.2) is 4.68 Å². The standard InChI is InChI=1S/C22H26ClN5O2S/c1-13(2)16-6-9-18(10-7-16)30-12-20-26-27-22(28(20)24)31-15(4)21(29)25-19-11-17(23)8-5-14(19)3/h5-11,13,15H,12,24H2,1-4H3,(H,25,29). The number of carbonyl (C=O) groups excluding carboxylic acids is 1. The summed E-state index contributed by atoms with van der Waals surface area (Å²) in [6.07, 6.45) is 0. The first kappa shape index (κ1) is 23.0. The number of nitrogen functional groups attached to an aromatic ring is 1. The number of carbonyl (C=O) groups is 1. The van der Waals surface area contributed by atoms with E-state index >= 15 is 0 Å². The van der Waals surface area contributed by atoms with E-state index in [4.69, 9.17) is 22.2 Å². The van der Waals surface area contributed by atoms with Gasteiger partial charge in [0.2, 0.25) is 11.1 Å². The van der Waals surface area contributed by atoms with Crippen LogP contribution in [0.2, 0.25) is 5.02 Å². The Morgan fingerprint density at radius 1 is 1.19 bits per heavy atom. The minimum Gasteiger partial charge on any atom is -0.486 e. The normalized spacial score (nSPS) is 12.1. The highest BCUT2D eigenvalue weighted by atomic mass is 35.5. The summed E-state index contributed by atoms with van der Waals surface area (Å²) in [5.74, 6) is 7.59. The number of halogens is 1. The molecule has 0 aliphatic heterocycles. The second-order valence-electron chi connectivity index (χ2n) is 7.49. The summed E-state index contributed by atoms with van der Waals surface area (Å²) in [7, 11) is 0. The molecule has 0 aliphatic carbocycles. The maximum Gasteiger partial charge on any atom is 0.237 e. The number of aromatic nitrogens is 3. The number of ether oxygens (including phenoxy) is 1. The first-order valence-corrected chi connectivity index (χ1v) is 11.2. The molecule has 164 valence electrons. The van der Waals surface area contributed by atoms with Gasteiger partial charge in [0.05, 0.1) is 5.25 Å².